The van der Waals surface area contributed by atoms with Gasteiger partial charge in [0.15, 0.2) is 0 Å². The number of hydrogen-bond acceptors (Lipinski definition) is 0. The standard InChI is InChI=1S/C6H12.C4H8/c1-2-6-4-3-5-6;1-4(2)3/h6H,2-5H2,1H3;1H2,2-3H3. The second-order valence-corrected chi connectivity index (χ2v) is 3.41. The molecule has 10 heavy (non-hydrogen) atoms. The lowest BCUT2D eigenvalue weighted by Gasteiger charge is -2.22. The zero-order chi connectivity index (χ0) is 7.98. The maximum Gasteiger partial charge on any atom is -0.0417 e. The van der Waals surface area contributed by atoms with Crippen molar-refractivity contribution in [2.75, 3.05) is 0 Å². The predicted molar refractivity (Wildman–Crippen MR) is 48.1 cm³/mol. The fourth-order valence-corrected chi connectivity index (χ4v) is 0.901. The third-order valence-corrected chi connectivity index (χ3v) is 1.80. The summed E-state index contributed by atoms with van der Waals surface area (Å²) in [5.74, 6) is 1.12. The van der Waals surface area contributed by atoms with Gasteiger partial charge in [0.2, 0.25) is 0 Å². The summed E-state index contributed by atoms with van der Waals surface area (Å²) in [5.41, 5.74) is 1.17. The molecule has 0 atom stereocenters. The fraction of sp³-hybridized carbons (Fsp3) is 0.800. The van der Waals surface area contributed by atoms with Crippen molar-refractivity contribution in [1.82, 2.24) is 0 Å². The van der Waals surface area contributed by atoms with Gasteiger partial charge in [0.1, 0.15) is 0 Å². The van der Waals surface area contributed by atoms with Gasteiger partial charge >= 0.3 is 0 Å². The summed E-state index contributed by atoms with van der Waals surface area (Å²) in [6, 6.07) is 0. The summed E-state index contributed by atoms with van der Waals surface area (Å²) in [7, 11) is 0. The van der Waals surface area contributed by atoms with E-state index in [0.717, 1.165) is 5.92 Å². The molecule has 0 aliphatic heterocycles. The van der Waals surface area contributed by atoms with Gasteiger partial charge in [0, 0.05) is 0 Å². The van der Waals surface area contributed by atoms with E-state index in [0.29, 0.717) is 0 Å². The Morgan fingerprint density at radius 1 is 1.40 bits per heavy atom. The third kappa shape index (κ3) is 5.87. The Labute approximate surface area is 65.3 Å². The molecule has 0 amide bonds. The second-order valence-electron chi connectivity index (χ2n) is 3.41. The van der Waals surface area contributed by atoms with Crippen LogP contribution in [-0.4, -0.2) is 0 Å². The molecule has 0 aromatic rings. The van der Waals surface area contributed by atoms with E-state index in [-0.39, 0.29) is 0 Å². The maximum atomic E-state index is 3.56. The van der Waals surface area contributed by atoms with Crippen molar-refractivity contribution >= 4 is 0 Å². The molecule has 0 heteroatoms. The zero-order valence-electron chi connectivity index (χ0n) is 7.61. The molecule has 0 spiro atoms. The van der Waals surface area contributed by atoms with E-state index >= 15 is 0 Å². The Morgan fingerprint density at radius 3 is 1.80 bits per heavy atom. The van der Waals surface area contributed by atoms with Crippen molar-refractivity contribution in [3.05, 3.63) is 12.2 Å². The summed E-state index contributed by atoms with van der Waals surface area (Å²) in [6.07, 6.45) is 5.94. The van der Waals surface area contributed by atoms with Gasteiger partial charge in [-0.1, -0.05) is 38.2 Å². The van der Waals surface area contributed by atoms with Crippen LogP contribution in [0.5, 0.6) is 0 Å². The molecule has 60 valence electrons. The van der Waals surface area contributed by atoms with E-state index in [1.165, 1.54) is 31.3 Å². The average Bonchev–Trinajstić information content (AvgIpc) is 1.59. The molecule has 0 unspecified atom stereocenters. The van der Waals surface area contributed by atoms with Gasteiger partial charge in [-0.15, -0.1) is 6.58 Å². The molecule has 1 rings (SSSR count). The van der Waals surface area contributed by atoms with E-state index in [1.54, 1.807) is 0 Å². The quantitative estimate of drug-likeness (QED) is 0.486. The highest BCUT2D eigenvalue weighted by molar-refractivity contribution is 4.78. The van der Waals surface area contributed by atoms with Crippen LogP contribution in [-0.2, 0) is 0 Å². The second kappa shape index (κ2) is 5.52. The van der Waals surface area contributed by atoms with Gasteiger partial charge in [-0.3, -0.25) is 0 Å². The Morgan fingerprint density at radius 2 is 1.80 bits per heavy atom. The van der Waals surface area contributed by atoms with Crippen LogP contribution in [0.4, 0.5) is 0 Å². The van der Waals surface area contributed by atoms with Crippen LogP contribution in [0.1, 0.15) is 46.5 Å². The number of hydrogen-bond donors (Lipinski definition) is 0. The van der Waals surface area contributed by atoms with Crippen molar-refractivity contribution in [2.45, 2.75) is 46.5 Å². The first-order chi connectivity index (χ1) is 4.66. The van der Waals surface area contributed by atoms with Gasteiger partial charge < -0.3 is 0 Å². The lowest BCUT2D eigenvalue weighted by atomic mass is 9.84. The van der Waals surface area contributed by atoms with Gasteiger partial charge in [0.25, 0.3) is 0 Å². The van der Waals surface area contributed by atoms with Crippen LogP contribution in [0.15, 0.2) is 12.2 Å². The van der Waals surface area contributed by atoms with Gasteiger partial charge in [-0.2, -0.15) is 0 Å². The zero-order valence-corrected chi connectivity index (χ0v) is 7.61. The van der Waals surface area contributed by atoms with E-state index in [2.05, 4.69) is 13.5 Å². The molecule has 0 nitrogen and oxygen atoms in total. The van der Waals surface area contributed by atoms with Crippen molar-refractivity contribution < 1.29 is 0 Å². The summed E-state index contributed by atoms with van der Waals surface area (Å²) in [4.78, 5) is 0. The monoisotopic (exact) mass is 140 g/mol. The highest BCUT2D eigenvalue weighted by Gasteiger charge is 2.13. The molecule has 1 saturated carbocycles. The summed E-state index contributed by atoms with van der Waals surface area (Å²) in [6.45, 7) is 9.78. The lowest BCUT2D eigenvalue weighted by molar-refractivity contribution is 0.307. The molecule has 0 aromatic heterocycles. The van der Waals surface area contributed by atoms with Crippen LogP contribution >= 0.6 is 0 Å². The highest BCUT2D eigenvalue weighted by atomic mass is 14.2. The minimum absolute atomic E-state index is 1.12. The Hall–Kier alpha value is -0.260. The van der Waals surface area contributed by atoms with E-state index in [9.17, 15) is 0 Å². The average molecular weight is 140 g/mol. The lowest BCUT2D eigenvalue weighted by Crippen LogP contribution is -2.08. The molecule has 1 aliphatic rings. The Balaban J connectivity index is 0.000000180. The van der Waals surface area contributed by atoms with Crippen LogP contribution in [0.3, 0.4) is 0 Å². The van der Waals surface area contributed by atoms with E-state index in [1.807, 2.05) is 13.8 Å². The molecular weight excluding hydrogens is 120 g/mol. The van der Waals surface area contributed by atoms with Crippen LogP contribution in [0, 0.1) is 5.92 Å². The van der Waals surface area contributed by atoms with Crippen LogP contribution in [0.2, 0.25) is 0 Å². The van der Waals surface area contributed by atoms with Crippen molar-refractivity contribution in [3.8, 4) is 0 Å². The molecule has 1 fully saturated rings. The first kappa shape index (κ1) is 9.74. The number of rotatable bonds is 1. The van der Waals surface area contributed by atoms with E-state index < -0.39 is 0 Å². The molecule has 0 heterocycles. The largest absolute Gasteiger partial charge is 0.100 e. The first-order valence-corrected chi connectivity index (χ1v) is 4.29. The Kier molecular flexibility index (Phi) is 5.38. The van der Waals surface area contributed by atoms with Crippen molar-refractivity contribution in [3.63, 3.8) is 0 Å². The molecule has 0 radical (unpaired) electrons. The van der Waals surface area contributed by atoms with Gasteiger partial charge in [-0.05, 0) is 19.8 Å². The van der Waals surface area contributed by atoms with Crippen LogP contribution < -0.4 is 0 Å². The molecular formula is C10H20. The number of allylic oxidation sites excluding steroid dienone is 1. The van der Waals surface area contributed by atoms with Crippen molar-refractivity contribution in [1.29, 1.82) is 0 Å². The van der Waals surface area contributed by atoms with Gasteiger partial charge in [-0.25, -0.2) is 0 Å². The molecule has 0 N–H and O–H groups in total. The van der Waals surface area contributed by atoms with Crippen LogP contribution in [0.25, 0.3) is 0 Å². The highest BCUT2D eigenvalue weighted by Crippen LogP contribution is 2.28. The minimum atomic E-state index is 1.12. The third-order valence-electron chi connectivity index (χ3n) is 1.80. The summed E-state index contributed by atoms with van der Waals surface area (Å²) >= 11 is 0. The summed E-state index contributed by atoms with van der Waals surface area (Å²) in [5, 5.41) is 0. The minimum Gasteiger partial charge on any atom is -0.100 e. The van der Waals surface area contributed by atoms with Gasteiger partial charge in [0.05, 0.1) is 0 Å². The maximum absolute atomic E-state index is 3.56. The topological polar surface area (TPSA) is 0 Å². The smallest absolute Gasteiger partial charge is 0.0417 e. The molecule has 0 saturated heterocycles. The van der Waals surface area contributed by atoms with Crippen molar-refractivity contribution in [2.24, 2.45) is 5.92 Å². The molecule has 0 bridgehead atoms. The molecule has 0 aromatic carbocycles. The molecule has 1 aliphatic carbocycles. The van der Waals surface area contributed by atoms with E-state index in [4.69, 9.17) is 0 Å². The first-order valence-electron chi connectivity index (χ1n) is 4.29. The fourth-order valence-electron chi connectivity index (χ4n) is 0.901. The normalized spacial score (nSPS) is 16.7. The predicted octanol–water partition coefficient (Wildman–Crippen LogP) is 3.78. The Bertz CT molecular complexity index is 81.5. The summed E-state index contributed by atoms with van der Waals surface area (Å²) < 4.78 is 0. The SMILES string of the molecule is C=C(C)C.CCC1CCC1.